The van der Waals surface area contributed by atoms with Crippen LogP contribution in [0.3, 0.4) is 0 Å². The van der Waals surface area contributed by atoms with E-state index in [-0.39, 0.29) is 11.3 Å². The van der Waals surface area contributed by atoms with Gasteiger partial charge in [0.2, 0.25) is 12.7 Å². The van der Waals surface area contributed by atoms with Crippen LogP contribution in [0, 0.1) is 0 Å². The highest BCUT2D eigenvalue weighted by atomic mass is 32.2. The van der Waals surface area contributed by atoms with E-state index < -0.39 is 35.6 Å². The lowest BCUT2D eigenvalue weighted by atomic mass is 9.96. The summed E-state index contributed by atoms with van der Waals surface area (Å²) in [5.41, 5.74) is 5.70. The topological polar surface area (TPSA) is 98.9 Å². The standard InChI is InChI=1S/C11H16N2O5S/c1-5(14)17-4-18-10(16)7-11(2,3)19-9-6(12)8(15)13(7)9/h6-7,9H,4,12H2,1-3H3/t6-,7-,9+/m0/s1. The normalized spacial score (nSPS) is 31.5. The molecule has 7 nitrogen and oxygen atoms in total. The lowest BCUT2D eigenvalue weighted by Crippen LogP contribution is -2.68. The summed E-state index contributed by atoms with van der Waals surface area (Å²) in [5, 5.41) is -0.186. The molecule has 106 valence electrons. The fraction of sp³-hybridized carbons (Fsp3) is 0.727. The minimum absolute atomic E-state index is 0.186. The summed E-state index contributed by atoms with van der Waals surface area (Å²) < 4.78 is 8.95. The van der Waals surface area contributed by atoms with Crippen molar-refractivity contribution in [1.29, 1.82) is 0 Å². The highest BCUT2D eigenvalue weighted by Crippen LogP contribution is 2.50. The van der Waals surface area contributed by atoms with Crippen LogP contribution in [-0.4, -0.2) is 51.7 Å². The van der Waals surface area contributed by atoms with Crippen molar-refractivity contribution in [3.05, 3.63) is 0 Å². The second-order valence-corrected chi connectivity index (χ2v) is 6.77. The highest BCUT2D eigenvalue weighted by molar-refractivity contribution is 8.01. The smallest absolute Gasteiger partial charge is 0.333 e. The van der Waals surface area contributed by atoms with Crippen molar-refractivity contribution in [3.8, 4) is 0 Å². The van der Waals surface area contributed by atoms with Crippen LogP contribution in [0.2, 0.25) is 0 Å². The molecule has 2 saturated heterocycles. The Kier molecular flexibility index (Phi) is 3.48. The predicted octanol–water partition coefficient (Wildman–Crippen LogP) is -0.560. The van der Waals surface area contributed by atoms with Crippen molar-refractivity contribution < 1.29 is 23.9 Å². The van der Waals surface area contributed by atoms with E-state index in [1.54, 1.807) is 0 Å². The molecular weight excluding hydrogens is 272 g/mol. The van der Waals surface area contributed by atoms with E-state index in [1.807, 2.05) is 13.8 Å². The van der Waals surface area contributed by atoms with Gasteiger partial charge in [0.25, 0.3) is 0 Å². The molecule has 0 aromatic heterocycles. The number of ether oxygens (including phenoxy) is 2. The molecule has 8 heteroatoms. The average Bonchev–Trinajstić information content (AvgIpc) is 2.57. The van der Waals surface area contributed by atoms with Crippen LogP contribution in [0.1, 0.15) is 20.8 Å². The first-order chi connectivity index (χ1) is 8.75. The first-order valence-corrected chi connectivity index (χ1v) is 6.69. The quantitative estimate of drug-likeness (QED) is 0.422. The van der Waals surface area contributed by atoms with Gasteiger partial charge in [-0.1, -0.05) is 0 Å². The molecule has 0 saturated carbocycles. The number of hydrogen-bond donors (Lipinski definition) is 1. The number of nitrogens with two attached hydrogens (primary N) is 1. The second kappa shape index (κ2) is 4.68. The Labute approximate surface area is 114 Å². The molecule has 0 spiro atoms. The third-order valence-electron chi connectivity index (χ3n) is 3.17. The van der Waals surface area contributed by atoms with Crippen LogP contribution in [0.5, 0.6) is 0 Å². The zero-order valence-corrected chi connectivity index (χ0v) is 11.7. The van der Waals surface area contributed by atoms with Gasteiger partial charge in [-0.05, 0) is 13.8 Å². The van der Waals surface area contributed by atoms with Crippen molar-refractivity contribution in [2.75, 3.05) is 6.79 Å². The number of nitrogens with zero attached hydrogens (tertiary/aromatic N) is 1. The number of β-lactam (4-membered cyclic amide) rings is 1. The predicted molar refractivity (Wildman–Crippen MR) is 66.8 cm³/mol. The van der Waals surface area contributed by atoms with E-state index in [9.17, 15) is 14.4 Å². The minimum Gasteiger partial charge on any atom is -0.428 e. The highest BCUT2D eigenvalue weighted by Gasteiger charge is 2.63. The molecule has 19 heavy (non-hydrogen) atoms. The van der Waals surface area contributed by atoms with Crippen molar-refractivity contribution in [2.45, 2.75) is 43.0 Å². The molecule has 0 unspecified atom stereocenters. The number of carbonyl (C=O) groups is 3. The molecule has 0 aliphatic carbocycles. The first-order valence-electron chi connectivity index (χ1n) is 5.81. The molecule has 2 N–H and O–H groups in total. The summed E-state index contributed by atoms with van der Waals surface area (Å²) in [6, 6.07) is -1.26. The Morgan fingerprint density at radius 2 is 2.05 bits per heavy atom. The Hall–Kier alpha value is -1.28. The van der Waals surface area contributed by atoms with Gasteiger partial charge < -0.3 is 20.1 Å². The zero-order valence-electron chi connectivity index (χ0n) is 10.9. The lowest BCUT2D eigenvalue weighted by molar-refractivity contribution is -0.175. The van der Waals surface area contributed by atoms with Crippen LogP contribution >= 0.6 is 11.8 Å². The maximum Gasteiger partial charge on any atom is 0.333 e. The van der Waals surface area contributed by atoms with Crippen molar-refractivity contribution in [1.82, 2.24) is 4.90 Å². The Morgan fingerprint density at radius 3 is 2.63 bits per heavy atom. The molecule has 2 heterocycles. The molecule has 0 bridgehead atoms. The van der Waals surface area contributed by atoms with Gasteiger partial charge in [0.05, 0.1) is 0 Å². The Balaban J connectivity index is 2.03. The van der Waals surface area contributed by atoms with E-state index in [0.29, 0.717) is 0 Å². The van der Waals surface area contributed by atoms with E-state index in [2.05, 4.69) is 4.74 Å². The van der Waals surface area contributed by atoms with Gasteiger partial charge in [0.15, 0.2) is 0 Å². The number of fused-ring (bicyclic) bond motifs is 1. The van der Waals surface area contributed by atoms with Crippen LogP contribution in [-0.2, 0) is 23.9 Å². The molecule has 3 atom stereocenters. The summed E-state index contributed by atoms with van der Waals surface area (Å²) in [5.74, 6) is -1.37. The first kappa shape index (κ1) is 14.1. The van der Waals surface area contributed by atoms with Gasteiger partial charge >= 0.3 is 11.9 Å². The maximum absolute atomic E-state index is 12.0. The SMILES string of the molecule is CC(=O)OCOC(=O)[C@@H]1N2C(=O)[C@H](N)[C@H]2SC1(C)C. The van der Waals surface area contributed by atoms with Crippen molar-refractivity contribution in [3.63, 3.8) is 0 Å². The number of thioether (sulfide) groups is 1. The number of hydrogen-bond acceptors (Lipinski definition) is 7. The van der Waals surface area contributed by atoms with E-state index in [1.165, 1.54) is 23.6 Å². The summed E-state index contributed by atoms with van der Waals surface area (Å²) in [6.45, 7) is 4.49. The molecule has 0 aromatic carbocycles. The van der Waals surface area contributed by atoms with E-state index in [0.717, 1.165) is 0 Å². The van der Waals surface area contributed by atoms with Crippen LogP contribution < -0.4 is 5.73 Å². The van der Waals surface area contributed by atoms with E-state index in [4.69, 9.17) is 10.5 Å². The van der Waals surface area contributed by atoms with Gasteiger partial charge in [-0.3, -0.25) is 9.59 Å². The number of carbonyl (C=O) groups excluding carboxylic acids is 3. The van der Waals surface area contributed by atoms with Crippen molar-refractivity contribution in [2.24, 2.45) is 5.73 Å². The fourth-order valence-corrected chi connectivity index (χ4v) is 3.84. The Bertz CT molecular complexity index is 439. The summed E-state index contributed by atoms with van der Waals surface area (Å²) in [4.78, 5) is 35.8. The summed E-state index contributed by atoms with van der Waals surface area (Å²) >= 11 is 1.48. The summed E-state index contributed by atoms with van der Waals surface area (Å²) in [7, 11) is 0. The third kappa shape index (κ3) is 2.30. The molecule has 0 radical (unpaired) electrons. The molecule has 2 aliphatic rings. The van der Waals surface area contributed by atoms with E-state index >= 15 is 0 Å². The third-order valence-corrected chi connectivity index (χ3v) is 4.76. The number of rotatable bonds is 3. The number of esters is 2. The van der Waals surface area contributed by atoms with Gasteiger partial charge in [-0.15, -0.1) is 11.8 Å². The van der Waals surface area contributed by atoms with Crippen molar-refractivity contribution >= 4 is 29.6 Å². The van der Waals surface area contributed by atoms with Crippen LogP contribution in [0.25, 0.3) is 0 Å². The molecule has 2 fully saturated rings. The molecule has 1 amide bonds. The molecule has 2 rings (SSSR count). The van der Waals surface area contributed by atoms with Gasteiger partial charge in [-0.25, -0.2) is 4.79 Å². The molecule has 2 aliphatic heterocycles. The largest absolute Gasteiger partial charge is 0.428 e. The molecule has 0 aromatic rings. The number of amides is 1. The average molecular weight is 288 g/mol. The maximum atomic E-state index is 12.0. The van der Waals surface area contributed by atoms with Crippen LogP contribution in [0.15, 0.2) is 0 Å². The minimum atomic E-state index is -0.703. The zero-order chi connectivity index (χ0) is 14.4. The summed E-state index contributed by atoms with van der Waals surface area (Å²) in [6.07, 6.45) is 0. The molecular formula is C11H16N2O5S. The van der Waals surface area contributed by atoms with Gasteiger partial charge in [-0.2, -0.15) is 0 Å². The monoisotopic (exact) mass is 288 g/mol. The van der Waals surface area contributed by atoms with Gasteiger partial charge in [0.1, 0.15) is 17.5 Å². The fourth-order valence-electron chi connectivity index (χ4n) is 2.27. The second-order valence-electron chi connectivity index (χ2n) is 5.00. The lowest BCUT2D eigenvalue weighted by Gasteiger charge is -2.41. The van der Waals surface area contributed by atoms with Crippen LogP contribution in [0.4, 0.5) is 0 Å². The Morgan fingerprint density at radius 1 is 1.42 bits per heavy atom. The van der Waals surface area contributed by atoms with Gasteiger partial charge in [0, 0.05) is 11.7 Å².